The lowest BCUT2D eigenvalue weighted by atomic mass is 9.98. The number of nitrogens with one attached hydrogen (secondary N) is 1. The second-order valence-electron chi connectivity index (χ2n) is 5.28. The number of hydrogen-bond acceptors (Lipinski definition) is 4. The van der Waals surface area contributed by atoms with Crippen LogP contribution in [0.1, 0.15) is 40.0 Å². The van der Waals surface area contributed by atoms with E-state index in [9.17, 15) is 18.0 Å². The van der Waals surface area contributed by atoms with Gasteiger partial charge in [0, 0.05) is 12.6 Å². The van der Waals surface area contributed by atoms with Gasteiger partial charge in [-0.3, -0.25) is 10.1 Å². The highest BCUT2D eigenvalue weighted by molar-refractivity contribution is 5.80. The Morgan fingerprint density at radius 3 is 2.45 bits per heavy atom. The van der Waals surface area contributed by atoms with Crippen LogP contribution in [0, 0.1) is 0 Å². The normalized spacial score (nSPS) is 20.3. The smallest absolute Gasteiger partial charge is 0.414 e. The fraction of sp³-hybridized carbons (Fsp3) is 0.923. The maximum absolute atomic E-state index is 12.3. The van der Waals surface area contributed by atoms with Crippen LogP contribution < -0.4 is 5.32 Å². The summed E-state index contributed by atoms with van der Waals surface area (Å²) in [5, 5.41) is 3.13. The predicted molar refractivity (Wildman–Crippen MR) is 67.3 cm³/mol. The molecule has 7 heteroatoms. The van der Waals surface area contributed by atoms with Gasteiger partial charge in [-0.1, -0.05) is 0 Å². The van der Waals surface area contributed by atoms with Crippen molar-refractivity contribution in [1.82, 2.24) is 5.32 Å². The quantitative estimate of drug-likeness (QED) is 0.699. The predicted octanol–water partition coefficient (Wildman–Crippen LogP) is 2.42. The summed E-state index contributed by atoms with van der Waals surface area (Å²) in [6.07, 6.45) is -4.15. The first-order valence-corrected chi connectivity index (χ1v) is 6.82. The van der Waals surface area contributed by atoms with Crippen LogP contribution >= 0.6 is 0 Å². The van der Waals surface area contributed by atoms with Crippen molar-refractivity contribution in [2.75, 3.05) is 13.2 Å². The molecule has 118 valence electrons. The van der Waals surface area contributed by atoms with Crippen LogP contribution in [-0.2, 0) is 14.3 Å². The van der Waals surface area contributed by atoms with Crippen LogP contribution in [0.4, 0.5) is 13.2 Å². The third-order valence-corrected chi connectivity index (χ3v) is 3.26. The first-order chi connectivity index (χ1) is 9.19. The number of carbonyl (C=O) groups is 1. The van der Waals surface area contributed by atoms with Crippen molar-refractivity contribution in [2.24, 2.45) is 0 Å². The molecule has 0 amide bonds. The molecule has 0 spiro atoms. The molecule has 1 aliphatic carbocycles. The molecule has 1 fully saturated rings. The van der Waals surface area contributed by atoms with Crippen molar-refractivity contribution >= 4 is 5.97 Å². The Kier molecular flexibility index (Phi) is 5.82. The minimum atomic E-state index is -4.38. The summed E-state index contributed by atoms with van der Waals surface area (Å²) >= 11 is 0. The van der Waals surface area contributed by atoms with Gasteiger partial charge in [-0.05, 0) is 40.0 Å². The molecule has 0 aromatic rings. The molecule has 1 N–H and O–H groups in total. The van der Waals surface area contributed by atoms with Crippen molar-refractivity contribution in [2.45, 2.75) is 63.9 Å². The van der Waals surface area contributed by atoms with Crippen molar-refractivity contribution in [3.8, 4) is 0 Å². The number of esters is 1. The third kappa shape index (κ3) is 5.28. The SMILES string of the molecule is CCOC(=O)C(C)(CCOC(C)C(F)(F)F)NC1CC1. The zero-order valence-corrected chi connectivity index (χ0v) is 12.0. The van der Waals surface area contributed by atoms with E-state index in [0.717, 1.165) is 19.8 Å². The Morgan fingerprint density at radius 2 is 2.00 bits per heavy atom. The number of halogens is 3. The molecule has 1 rings (SSSR count). The van der Waals surface area contributed by atoms with Gasteiger partial charge in [-0.15, -0.1) is 0 Å². The highest BCUT2D eigenvalue weighted by atomic mass is 19.4. The van der Waals surface area contributed by atoms with Gasteiger partial charge in [0.05, 0.1) is 6.61 Å². The number of carbonyl (C=O) groups excluding carboxylic acids is 1. The lowest BCUT2D eigenvalue weighted by molar-refractivity contribution is -0.215. The molecule has 4 nitrogen and oxygen atoms in total. The van der Waals surface area contributed by atoms with Crippen molar-refractivity contribution in [3.63, 3.8) is 0 Å². The van der Waals surface area contributed by atoms with Gasteiger partial charge in [0.2, 0.25) is 0 Å². The number of rotatable bonds is 8. The van der Waals surface area contributed by atoms with E-state index in [-0.39, 0.29) is 25.7 Å². The van der Waals surface area contributed by atoms with Gasteiger partial charge >= 0.3 is 12.1 Å². The molecule has 0 bridgehead atoms. The molecule has 0 aliphatic heterocycles. The molecule has 2 atom stereocenters. The van der Waals surface area contributed by atoms with Gasteiger partial charge in [0.25, 0.3) is 0 Å². The molecule has 0 heterocycles. The summed E-state index contributed by atoms with van der Waals surface area (Å²) in [6, 6.07) is 0.240. The van der Waals surface area contributed by atoms with E-state index in [2.05, 4.69) is 5.32 Å². The highest BCUT2D eigenvalue weighted by Gasteiger charge is 2.41. The van der Waals surface area contributed by atoms with Gasteiger partial charge in [-0.25, -0.2) is 0 Å². The summed E-state index contributed by atoms with van der Waals surface area (Å²) in [4.78, 5) is 11.9. The van der Waals surface area contributed by atoms with Gasteiger partial charge in [-0.2, -0.15) is 13.2 Å². The van der Waals surface area contributed by atoms with E-state index in [1.54, 1.807) is 13.8 Å². The van der Waals surface area contributed by atoms with Crippen molar-refractivity contribution < 1.29 is 27.4 Å². The van der Waals surface area contributed by atoms with E-state index in [0.29, 0.717) is 0 Å². The first-order valence-electron chi connectivity index (χ1n) is 6.82. The van der Waals surface area contributed by atoms with Gasteiger partial charge in [0.15, 0.2) is 6.10 Å². The maximum Gasteiger partial charge on any atom is 0.414 e. The Labute approximate surface area is 117 Å². The molecule has 2 unspecified atom stereocenters. The average molecular weight is 297 g/mol. The standard InChI is InChI=1S/C13H22F3NO3/c1-4-19-11(18)12(3,17-10-5-6-10)7-8-20-9(2)13(14,15)16/h9-10,17H,4-8H2,1-3H3. The van der Waals surface area contributed by atoms with E-state index in [1.807, 2.05) is 0 Å². The van der Waals surface area contributed by atoms with E-state index < -0.39 is 23.8 Å². The maximum atomic E-state index is 12.3. The summed E-state index contributed by atoms with van der Waals surface area (Å²) in [7, 11) is 0. The second kappa shape index (κ2) is 6.76. The van der Waals surface area contributed by atoms with E-state index in [1.165, 1.54) is 0 Å². The number of hydrogen-bond donors (Lipinski definition) is 1. The molecular formula is C13H22F3NO3. The Bertz CT molecular complexity index is 331. The molecule has 0 aromatic carbocycles. The highest BCUT2D eigenvalue weighted by Crippen LogP contribution is 2.26. The summed E-state index contributed by atoms with van der Waals surface area (Å²) in [5.74, 6) is -0.449. The topological polar surface area (TPSA) is 47.6 Å². The summed E-state index contributed by atoms with van der Waals surface area (Å²) < 4.78 is 46.7. The van der Waals surface area contributed by atoms with Gasteiger partial charge < -0.3 is 9.47 Å². The van der Waals surface area contributed by atoms with E-state index >= 15 is 0 Å². The van der Waals surface area contributed by atoms with Crippen LogP contribution in [0.15, 0.2) is 0 Å². The summed E-state index contributed by atoms with van der Waals surface area (Å²) in [6.45, 7) is 4.37. The number of ether oxygens (including phenoxy) is 2. The average Bonchev–Trinajstić information content (AvgIpc) is 3.11. The molecular weight excluding hydrogens is 275 g/mol. The second-order valence-corrected chi connectivity index (χ2v) is 5.28. The van der Waals surface area contributed by atoms with Crippen LogP contribution in [0.5, 0.6) is 0 Å². The Hall–Kier alpha value is -0.820. The Balaban J connectivity index is 2.50. The lowest BCUT2D eigenvalue weighted by Gasteiger charge is -2.29. The van der Waals surface area contributed by atoms with Crippen molar-refractivity contribution in [1.29, 1.82) is 0 Å². The molecule has 1 aliphatic rings. The molecule has 1 saturated carbocycles. The zero-order chi connectivity index (χ0) is 15.4. The van der Waals surface area contributed by atoms with Gasteiger partial charge in [0.1, 0.15) is 5.54 Å². The fourth-order valence-corrected chi connectivity index (χ4v) is 1.74. The van der Waals surface area contributed by atoms with Crippen LogP contribution in [0.3, 0.4) is 0 Å². The zero-order valence-electron chi connectivity index (χ0n) is 12.0. The summed E-state index contributed by atoms with van der Waals surface area (Å²) in [5.41, 5.74) is -0.998. The minimum Gasteiger partial charge on any atom is -0.465 e. The lowest BCUT2D eigenvalue weighted by Crippen LogP contribution is -2.52. The first kappa shape index (κ1) is 17.2. The third-order valence-electron chi connectivity index (χ3n) is 3.26. The van der Waals surface area contributed by atoms with Crippen LogP contribution in [0.2, 0.25) is 0 Å². The minimum absolute atomic E-state index is 0.142. The monoisotopic (exact) mass is 297 g/mol. The molecule has 0 radical (unpaired) electrons. The van der Waals surface area contributed by atoms with E-state index in [4.69, 9.17) is 9.47 Å². The largest absolute Gasteiger partial charge is 0.465 e. The number of alkyl halides is 3. The fourth-order valence-electron chi connectivity index (χ4n) is 1.74. The molecule has 0 saturated heterocycles. The van der Waals surface area contributed by atoms with Crippen LogP contribution in [0.25, 0.3) is 0 Å². The molecule has 20 heavy (non-hydrogen) atoms. The van der Waals surface area contributed by atoms with Crippen molar-refractivity contribution in [3.05, 3.63) is 0 Å². The molecule has 0 aromatic heterocycles. The Morgan fingerprint density at radius 1 is 1.40 bits per heavy atom. The van der Waals surface area contributed by atoms with Crippen LogP contribution in [-0.4, -0.2) is 43.0 Å².